The first-order valence-electron chi connectivity index (χ1n) is 11.9. The lowest BCUT2D eigenvalue weighted by atomic mass is 9.99. The van der Waals surface area contributed by atoms with E-state index in [2.05, 4.69) is 26.0 Å². The molecular formula is C24H29N7O4S. The normalized spacial score (nSPS) is 24.3. The number of aromatic nitrogens is 3. The highest BCUT2D eigenvalue weighted by Crippen LogP contribution is 2.41. The first-order valence-corrected chi connectivity index (χ1v) is 12.9. The van der Waals surface area contributed by atoms with Crippen LogP contribution in [0.5, 0.6) is 0 Å². The summed E-state index contributed by atoms with van der Waals surface area (Å²) in [6, 6.07) is 3.62. The van der Waals surface area contributed by atoms with Gasteiger partial charge in [-0.05, 0) is 37.8 Å². The van der Waals surface area contributed by atoms with Crippen molar-refractivity contribution in [3.63, 3.8) is 0 Å². The number of anilines is 1. The molecule has 1 aromatic carbocycles. The fourth-order valence-corrected chi connectivity index (χ4v) is 6.52. The van der Waals surface area contributed by atoms with E-state index in [4.69, 9.17) is 0 Å². The number of thioether (sulfide) groups is 1. The SMILES string of the molecule is CC(=O)N1CSC(C)(C)[C@H]1C(=O)NC1CCc2cccc3c2N(C1=O)C(C(=O)NCc1cn[nH]n1)C3. The number of carbonyl (C=O) groups is 4. The van der Waals surface area contributed by atoms with Crippen molar-refractivity contribution in [2.24, 2.45) is 0 Å². The largest absolute Gasteiger partial charge is 0.348 e. The molecule has 0 bridgehead atoms. The van der Waals surface area contributed by atoms with Gasteiger partial charge in [0.05, 0.1) is 24.3 Å². The molecule has 3 atom stereocenters. The second-order valence-corrected chi connectivity index (χ2v) is 11.5. The molecule has 4 heterocycles. The second kappa shape index (κ2) is 9.23. The zero-order valence-corrected chi connectivity index (χ0v) is 21.2. The molecule has 36 heavy (non-hydrogen) atoms. The molecule has 190 valence electrons. The van der Waals surface area contributed by atoms with Gasteiger partial charge in [0.2, 0.25) is 23.6 Å². The lowest BCUT2D eigenvalue weighted by molar-refractivity contribution is -0.139. The molecule has 4 amide bonds. The molecule has 1 saturated heterocycles. The number of aromatic amines is 1. The van der Waals surface area contributed by atoms with Crippen molar-refractivity contribution in [2.75, 3.05) is 10.8 Å². The molecular weight excluding hydrogens is 482 g/mol. The number of carbonyl (C=O) groups excluding carboxylic acids is 4. The van der Waals surface area contributed by atoms with Gasteiger partial charge in [-0.2, -0.15) is 15.4 Å². The Hall–Kier alpha value is -3.41. The highest BCUT2D eigenvalue weighted by Gasteiger charge is 2.49. The summed E-state index contributed by atoms with van der Waals surface area (Å²) in [5, 5.41) is 16.0. The molecule has 1 fully saturated rings. The minimum Gasteiger partial charge on any atom is -0.348 e. The van der Waals surface area contributed by atoms with E-state index >= 15 is 0 Å². The van der Waals surface area contributed by atoms with Crippen molar-refractivity contribution in [2.45, 2.75) is 69.5 Å². The summed E-state index contributed by atoms with van der Waals surface area (Å²) in [4.78, 5) is 55.8. The van der Waals surface area contributed by atoms with E-state index < -0.39 is 22.9 Å². The highest BCUT2D eigenvalue weighted by molar-refractivity contribution is 8.00. The number of hydrogen-bond acceptors (Lipinski definition) is 7. The van der Waals surface area contributed by atoms with Crippen LogP contribution in [0.3, 0.4) is 0 Å². The van der Waals surface area contributed by atoms with Gasteiger partial charge in [0.25, 0.3) is 0 Å². The minimum atomic E-state index is -0.808. The average molecular weight is 512 g/mol. The molecule has 2 aromatic rings. The van der Waals surface area contributed by atoms with Gasteiger partial charge in [0, 0.05) is 18.1 Å². The maximum Gasteiger partial charge on any atom is 0.250 e. The third-order valence-electron chi connectivity index (χ3n) is 7.13. The van der Waals surface area contributed by atoms with E-state index in [9.17, 15) is 19.2 Å². The number of rotatable bonds is 5. The van der Waals surface area contributed by atoms with Crippen molar-refractivity contribution in [3.8, 4) is 0 Å². The van der Waals surface area contributed by atoms with Crippen LogP contribution in [0, 0.1) is 0 Å². The van der Waals surface area contributed by atoms with Crippen LogP contribution in [0.15, 0.2) is 24.4 Å². The summed E-state index contributed by atoms with van der Waals surface area (Å²) in [7, 11) is 0. The topological polar surface area (TPSA) is 140 Å². The van der Waals surface area contributed by atoms with Crippen LogP contribution in [-0.4, -0.2) is 72.7 Å². The summed E-state index contributed by atoms with van der Waals surface area (Å²) >= 11 is 1.54. The zero-order chi connectivity index (χ0) is 25.6. The smallest absolute Gasteiger partial charge is 0.250 e. The number of hydrogen-bond donors (Lipinski definition) is 3. The summed E-state index contributed by atoms with van der Waals surface area (Å²) < 4.78 is -0.489. The third-order valence-corrected chi connectivity index (χ3v) is 8.51. The molecule has 3 aliphatic heterocycles. The van der Waals surface area contributed by atoms with E-state index in [1.54, 1.807) is 9.80 Å². The molecule has 1 aromatic heterocycles. The van der Waals surface area contributed by atoms with Crippen LogP contribution in [0.1, 0.15) is 44.0 Å². The number of nitrogens with zero attached hydrogens (tertiary/aromatic N) is 4. The Balaban J connectivity index is 1.39. The van der Waals surface area contributed by atoms with Crippen LogP contribution in [0.2, 0.25) is 0 Å². The molecule has 11 nitrogen and oxygen atoms in total. The molecule has 2 unspecified atom stereocenters. The average Bonchev–Trinajstić information content (AvgIpc) is 3.54. The van der Waals surface area contributed by atoms with E-state index in [0.29, 0.717) is 30.8 Å². The second-order valence-electron chi connectivity index (χ2n) is 9.90. The number of benzene rings is 1. The maximum absolute atomic E-state index is 13.9. The Morgan fingerprint density at radius 2 is 2.00 bits per heavy atom. The lowest BCUT2D eigenvalue weighted by Crippen LogP contribution is -2.59. The molecule has 0 aliphatic carbocycles. The Kier molecular flexibility index (Phi) is 6.23. The van der Waals surface area contributed by atoms with Crippen LogP contribution in [-0.2, 0) is 38.6 Å². The predicted octanol–water partition coefficient (Wildman–Crippen LogP) is 0.510. The molecule has 0 spiro atoms. The van der Waals surface area contributed by atoms with Crippen LogP contribution in [0.25, 0.3) is 0 Å². The fraction of sp³-hybridized carbons (Fsp3) is 0.500. The van der Waals surface area contributed by atoms with Gasteiger partial charge in [-0.15, -0.1) is 11.8 Å². The van der Waals surface area contributed by atoms with E-state index in [-0.39, 0.29) is 30.2 Å². The van der Waals surface area contributed by atoms with Gasteiger partial charge >= 0.3 is 0 Å². The highest BCUT2D eigenvalue weighted by atomic mass is 32.2. The first-order chi connectivity index (χ1) is 17.2. The van der Waals surface area contributed by atoms with Gasteiger partial charge in [-0.25, -0.2) is 0 Å². The molecule has 12 heteroatoms. The van der Waals surface area contributed by atoms with E-state index in [1.807, 2.05) is 32.0 Å². The fourth-order valence-electron chi connectivity index (χ4n) is 5.33. The summed E-state index contributed by atoms with van der Waals surface area (Å²) in [5.41, 5.74) is 3.26. The number of amides is 4. The van der Waals surface area contributed by atoms with Crippen molar-refractivity contribution in [3.05, 3.63) is 41.2 Å². The maximum atomic E-state index is 13.9. The molecule has 3 N–H and O–H groups in total. The van der Waals surface area contributed by atoms with Gasteiger partial charge in [-0.3, -0.25) is 24.1 Å². The number of aryl methyl sites for hydroxylation is 1. The Bertz CT molecular complexity index is 1220. The summed E-state index contributed by atoms with van der Waals surface area (Å²) in [6.45, 7) is 5.49. The van der Waals surface area contributed by atoms with Gasteiger partial charge in [0.15, 0.2) is 0 Å². The third kappa shape index (κ3) is 4.23. The molecule has 0 saturated carbocycles. The van der Waals surface area contributed by atoms with Crippen molar-refractivity contribution < 1.29 is 19.2 Å². The van der Waals surface area contributed by atoms with Gasteiger partial charge in [0.1, 0.15) is 23.8 Å². The lowest BCUT2D eigenvalue weighted by Gasteiger charge is -2.32. The first kappa shape index (κ1) is 24.3. The monoisotopic (exact) mass is 511 g/mol. The number of para-hydroxylation sites is 1. The predicted molar refractivity (Wildman–Crippen MR) is 133 cm³/mol. The molecule has 0 radical (unpaired) electrons. The van der Waals surface area contributed by atoms with Crippen LogP contribution < -0.4 is 15.5 Å². The Labute approximate surface area is 212 Å². The van der Waals surface area contributed by atoms with E-state index in [0.717, 1.165) is 16.8 Å². The summed E-state index contributed by atoms with van der Waals surface area (Å²) in [5.74, 6) is -0.715. The molecule has 3 aliphatic rings. The Morgan fingerprint density at radius 3 is 2.72 bits per heavy atom. The molecule has 5 rings (SSSR count). The minimum absolute atomic E-state index is 0.180. The van der Waals surface area contributed by atoms with Crippen LogP contribution >= 0.6 is 11.8 Å². The summed E-state index contributed by atoms with van der Waals surface area (Å²) in [6.07, 6.45) is 2.91. The van der Waals surface area contributed by atoms with Crippen molar-refractivity contribution in [1.82, 2.24) is 30.9 Å². The Morgan fingerprint density at radius 1 is 1.22 bits per heavy atom. The quantitative estimate of drug-likeness (QED) is 0.531. The van der Waals surface area contributed by atoms with Gasteiger partial charge in [-0.1, -0.05) is 18.2 Å². The number of H-pyrrole nitrogens is 1. The van der Waals surface area contributed by atoms with Crippen molar-refractivity contribution >= 4 is 41.1 Å². The van der Waals surface area contributed by atoms with Crippen molar-refractivity contribution in [1.29, 1.82) is 0 Å². The zero-order valence-electron chi connectivity index (χ0n) is 20.4. The van der Waals surface area contributed by atoms with Crippen LogP contribution in [0.4, 0.5) is 5.69 Å². The standard InChI is InChI=1S/C24H29N7O4S/c1-13(32)30-12-36-24(2,3)20(30)22(34)27-17-8-7-14-5-4-6-15-9-18(31(19(14)15)23(17)35)21(33)25-10-16-11-26-29-28-16/h4-6,11,17-18,20H,7-10,12H2,1-3H3,(H,25,33)(H,27,34)(H,26,28,29)/t17?,18?,20-/m1/s1. The van der Waals surface area contributed by atoms with Gasteiger partial charge < -0.3 is 15.5 Å². The number of nitrogens with one attached hydrogen (secondary N) is 3. The van der Waals surface area contributed by atoms with E-state index in [1.165, 1.54) is 24.9 Å².